The van der Waals surface area contributed by atoms with E-state index >= 15 is 0 Å². The predicted molar refractivity (Wildman–Crippen MR) is 126 cm³/mol. The molecule has 0 spiro atoms. The zero-order chi connectivity index (χ0) is 27.1. The van der Waals surface area contributed by atoms with E-state index in [1.807, 2.05) is 0 Å². The normalized spacial score (nSPS) is 15.0. The average molecular weight is 503 g/mol. The molecule has 5 unspecified atom stereocenters. The molecule has 200 valence electrons. The number of carboxylic acid groups (broad SMARTS) is 1. The number of carbonyl (C=O) groups excluding carboxylic acids is 4. The fourth-order valence-corrected chi connectivity index (χ4v) is 2.88. The summed E-state index contributed by atoms with van der Waals surface area (Å²) in [6, 6.07) is -4.98. The van der Waals surface area contributed by atoms with Crippen LogP contribution < -0.4 is 38.9 Å². The predicted octanol–water partition coefficient (Wildman–Crippen LogP) is -3.79. The number of hydrogen-bond acceptors (Lipinski definition) is 8. The standard InChI is InChI=1S/C20H38N8O7/c1-3-10(2)15(18(33)26-12(19(34)35)5-4-8-25-20(23)24)28-17(32)13(9-29)27-16(31)11(21)6-7-14(22)30/h10-13,15,29H,3-9,21H2,1-2H3,(H2,22,30)(H,26,33)(H,27,31)(H,28,32)(H,34,35)(H4,23,24,25). The van der Waals surface area contributed by atoms with Crippen LogP contribution in [0.2, 0.25) is 0 Å². The highest BCUT2D eigenvalue weighted by molar-refractivity contribution is 5.94. The van der Waals surface area contributed by atoms with E-state index in [2.05, 4.69) is 20.9 Å². The second-order valence-corrected chi connectivity index (χ2v) is 8.08. The van der Waals surface area contributed by atoms with Gasteiger partial charge in [-0.05, 0) is 25.2 Å². The molecule has 0 saturated heterocycles. The summed E-state index contributed by atoms with van der Waals surface area (Å²) in [5.74, 6) is -4.89. The van der Waals surface area contributed by atoms with E-state index in [1.165, 1.54) is 0 Å². The molecular weight excluding hydrogens is 464 g/mol. The van der Waals surface area contributed by atoms with E-state index < -0.39 is 66.3 Å². The van der Waals surface area contributed by atoms with Crippen molar-refractivity contribution in [1.29, 1.82) is 0 Å². The van der Waals surface area contributed by atoms with Crippen molar-refractivity contribution in [2.24, 2.45) is 33.8 Å². The van der Waals surface area contributed by atoms with Gasteiger partial charge in [-0.15, -0.1) is 0 Å². The minimum atomic E-state index is -1.43. The molecule has 0 aromatic carbocycles. The van der Waals surface area contributed by atoms with Gasteiger partial charge in [-0.25, -0.2) is 4.79 Å². The molecule has 13 N–H and O–H groups in total. The van der Waals surface area contributed by atoms with Gasteiger partial charge in [-0.3, -0.25) is 24.2 Å². The summed E-state index contributed by atoms with van der Waals surface area (Å²) in [6.07, 6.45) is 0.576. The van der Waals surface area contributed by atoms with Crippen LogP contribution in [-0.2, 0) is 24.0 Å². The van der Waals surface area contributed by atoms with Crippen LogP contribution in [0, 0.1) is 5.92 Å². The fraction of sp³-hybridized carbons (Fsp3) is 0.700. The van der Waals surface area contributed by atoms with Gasteiger partial charge >= 0.3 is 5.97 Å². The van der Waals surface area contributed by atoms with Crippen LogP contribution in [0.4, 0.5) is 0 Å². The van der Waals surface area contributed by atoms with Gasteiger partial charge in [-0.1, -0.05) is 20.3 Å². The number of hydrogen-bond donors (Lipinski definition) is 9. The maximum atomic E-state index is 12.9. The largest absolute Gasteiger partial charge is 0.480 e. The zero-order valence-electron chi connectivity index (χ0n) is 20.0. The molecule has 0 aromatic heterocycles. The van der Waals surface area contributed by atoms with E-state index in [-0.39, 0.29) is 38.2 Å². The molecule has 0 radical (unpaired) electrons. The third kappa shape index (κ3) is 12.5. The second-order valence-electron chi connectivity index (χ2n) is 8.08. The van der Waals surface area contributed by atoms with Crippen LogP contribution >= 0.6 is 0 Å². The lowest BCUT2D eigenvalue weighted by atomic mass is 9.97. The molecule has 4 amide bonds. The Hall–Kier alpha value is -3.46. The van der Waals surface area contributed by atoms with Crippen molar-refractivity contribution < 1.29 is 34.2 Å². The summed E-state index contributed by atoms with van der Waals surface area (Å²) in [5, 5.41) is 26.1. The number of guanidine groups is 1. The van der Waals surface area contributed by atoms with Crippen molar-refractivity contribution in [3.8, 4) is 0 Å². The Morgan fingerprint density at radius 1 is 0.914 bits per heavy atom. The smallest absolute Gasteiger partial charge is 0.326 e. The second kappa shape index (κ2) is 16.2. The molecule has 0 rings (SSSR count). The molecule has 0 fully saturated rings. The number of nitrogens with two attached hydrogens (primary N) is 4. The third-order valence-corrected chi connectivity index (χ3v) is 5.21. The van der Waals surface area contributed by atoms with E-state index in [9.17, 15) is 34.2 Å². The van der Waals surface area contributed by atoms with Crippen LogP contribution in [0.15, 0.2) is 4.99 Å². The quantitative estimate of drug-likeness (QED) is 0.0531. The van der Waals surface area contributed by atoms with Crippen LogP contribution in [0.1, 0.15) is 46.0 Å². The van der Waals surface area contributed by atoms with Gasteiger partial charge in [0.15, 0.2) is 5.96 Å². The highest BCUT2D eigenvalue weighted by atomic mass is 16.4. The Labute approximate surface area is 203 Å². The molecule has 0 aliphatic rings. The van der Waals surface area contributed by atoms with Crippen molar-refractivity contribution in [2.45, 2.75) is 70.1 Å². The Morgan fingerprint density at radius 2 is 1.51 bits per heavy atom. The number of rotatable bonds is 17. The Bertz CT molecular complexity index is 773. The van der Waals surface area contributed by atoms with Gasteiger partial charge in [0.25, 0.3) is 0 Å². The number of carboxylic acids is 1. The number of aliphatic hydroxyl groups is 1. The lowest BCUT2D eigenvalue weighted by molar-refractivity contribution is -0.143. The Morgan fingerprint density at radius 3 is 2.00 bits per heavy atom. The lowest BCUT2D eigenvalue weighted by Crippen LogP contribution is -2.59. The summed E-state index contributed by atoms with van der Waals surface area (Å²) in [5.41, 5.74) is 21.1. The number of nitrogens with zero attached hydrogens (tertiary/aromatic N) is 1. The maximum absolute atomic E-state index is 12.9. The molecule has 0 aliphatic carbocycles. The van der Waals surface area contributed by atoms with Crippen LogP contribution in [0.3, 0.4) is 0 Å². The first-order chi connectivity index (χ1) is 16.3. The van der Waals surface area contributed by atoms with Gasteiger partial charge in [0.1, 0.15) is 18.1 Å². The Kier molecular flexibility index (Phi) is 14.6. The molecule has 5 atom stereocenters. The molecule has 0 aromatic rings. The van der Waals surface area contributed by atoms with Crippen LogP contribution in [0.5, 0.6) is 0 Å². The van der Waals surface area contributed by atoms with Crippen molar-refractivity contribution >= 4 is 35.6 Å². The summed E-state index contributed by atoms with van der Waals surface area (Å²) in [6.45, 7) is 2.82. The number of aliphatic imine (C=N–C) groups is 1. The number of primary amides is 1. The highest BCUT2D eigenvalue weighted by Gasteiger charge is 2.32. The minimum absolute atomic E-state index is 0.0392. The zero-order valence-corrected chi connectivity index (χ0v) is 20.0. The number of amides is 4. The number of nitrogens with one attached hydrogen (secondary N) is 3. The molecule has 0 heterocycles. The first kappa shape index (κ1) is 31.5. The number of aliphatic hydroxyl groups excluding tert-OH is 1. The number of carbonyl (C=O) groups is 5. The molecule has 35 heavy (non-hydrogen) atoms. The summed E-state index contributed by atoms with van der Waals surface area (Å²) < 4.78 is 0. The van der Waals surface area contributed by atoms with Crippen molar-refractivity contribution in [1.82, 2.24) is 16.0 Å². The maximum Gasteiger partial charge on any atom is 0.326 e. The van der Waals surface area contributed by atoms with E-state index in [4.69, 9.17) is 22.9 Å². The van der Waals surface area contributed by atoms with Gasteiger partial charge in [0.2, 0.25) is 23.6 Å². The molecule has 0 aliphatic heterocycles. The average Bonchev–Trinajstić information content (AvgIpc) is 2.79. The SMILES string of the molecule is CCC(C)C(NC(=O)C(CO)NC(=O)C(N)CCC(N)=O)C(=O)NC(CCCN=C(N)N)C(=O)O. The van der Waals surface area contributed by atoms with Gasteiger partial charge in [0.05, 0.1) is 12.6 Å². The van der Waals surface area contributed by atoms with Crippen molar-refractivity contribution in [3.05, 3.63) is 0 Å². The molecule has 15 heteroatoms. The highest BCUT2D eigenvalue weighted by Crippen LogP contribution is 2.10. The first-order valence-electron chi connectivity index (χ1n) is 11.2. The topological polar surface area (TPSA) is 278 Å². The van der Waals surface area contributed by atoms with Crippen LogP contribution in [0.25, 0.3) is 0 Å². The monoisotopic (exact) mass is 502 g/mol. The van der Waals surface area contributed by atoms with Crippen LogP contribution in [-0.4, -0.2) is 83.1 Å². The number of aliphatic carboxylic acids is 1. The minimum Gasteiger partial charge on any atom is -0.480 e. The summed E-state index contributed by atoms with van der Waals surface area (Å²) in [4.78, 5) is 63.9. The first-order valence-corrected chi connectivity index (χ1v) is 11.2. The van der Waals surface area contributed by atoms with Gasteiger partial charge in [0, 0.05) is 13.0 Å². The molecular formula is C20H38N8O7. The fourth-order valence-electron chi connectivity index (χ4n) is 2.88. The van der Waals surface area contributed by atoms with Gasteiger partial charge in [-0.2, -0.15) is 0 Å². The van der Waals surface area contributed by atoms with E-state index in [0.29, 0.717) is 6.42 Å². The lowest BCUT2D eigenvalue weighted by Gasteiger charge is -2.27. The Balaban J connectivity index is 5.26. The van der Waals surface area contributed by atoms with Crippen molar-refractivity contribution in [2.75, 3.05) is 13.2 Å². The van der Waals surface area contributed by atoms with Gasteiger partial charge < -0.3 is 49.1 Å². The van der Waals surface area contributed by atoms with Crippen molar-refractivity contribution in [3.63, 3.8) is 0 Å². The summed E-state index contributed by atoms with van der Waals surface area (Å²) >= 11 is 0. The summed E-state index contributed by atoms with van der Waals surface area (Å²) in [7, 11) is 0. The molecule has 0 saturated carbocycles. The third-order valence-electron chi connectivity index (χ3n) is 5.21. The van der Waals surface area contributed by atoms with E-state index in [1.54, 1.807) is 13.8 Å². The van der Waals surface area contributed by atoms with E-state index in [0.717, 1.165) is 0 Å². The molecule has 15 nitrogen and oxygen atoms in total. The molecule has 0 bridgehead atoms.